The lowest BCUT2D eigenvalue weighted by atomic mass is 9.95. The molecule has 5 nitrogen and oxygen atoms in total. The molecule has 1 N–H and O–H groups in total. The number of hydrogen-bond acceptors (Lipinski definition) is 5. The van der Waals surface area contributed by atoms with Crippen LogP contribution in [0.2, 0.25) is 5.15 Å². The van der Waals surface area contributed by atoms with Gasteiger partial charge in [-0.25, -0.2) is 0 Å². The monoisotopic (exact) mass is 297 g/mol. The van der Waals surface area contributed by atoms with E-state index in [2.05, 4.69) is 26.6 Å². The van der Waals surface area contributed by atoms with Gasteiger partial charge in [0.1, 0.15) is 17.3 Å². The minimum Gasteiger partial charge on any atom is -0.367 e. The molecule has 0 bridgehead atoms. The predicted octanol–water partition coefficient (Wildman–Crippen LogP) is 2.86. The van der Waals surface area contributed by atoms with Gasteiger partial charge in [-0.1, -0.05) is 18.0 Å². The van der Waals surface area contributed by atoms with E-state index in [1.54, 1.807) is 4.52 Å². The van der Waals surface area contributed by atoms with Crippen molar-refractivity contribution in [2.24, 2.45) is 0 Å². The Hall–Kier alpha value is -1.01. The molecule has 7 heteroatoms. The van der Waals surface area contributed by atoms with Crippen LogP contribution >= 0.6 is 23.4 Å². The molecule has 19 heavy (non-hydrogen) atoms. The molecule has 0 radical (unpaired) electrons. The van der Waals surface area contributed by atoms with Gasteiger partial charge in [0.15, 0.2) is 0 Å². The molecule has 0 amide bonds. The summed E-state index contributed by atoms with van der Waals surface area (Å²) in [4.78, 5) is 8.21. The Balaban J connectivity index is 1.82. The molecule has 2 aromatic heterocycles. The zero-order chi connectivity index (χ0) is 13.2. The van der Waals surface area contributed by atoms with E-state index in [0.29, 0.717) is 17.0 Å². The third-order valence-electron chi connectivity index (χ3n) is 3.53. The highest BCUT2D eigenvalue weighted by atomic mass is 35.5. The van der Waals surface area contributed by atoms with Crippen molar-refractivity contribution in [3.05, 3.63) is 17.5 Å². The second kappa shape index (κ2) is 5.54. The number of nitrogens with zero attached hydrogens (tertiary/aromatic N) is 4. The van der Waals surface area contributed by atoms with E-state index in [0.717, 1.165) is 11.1 Å². The molecule has 102 valence electrons. The van der Waals surface area contributed by atoms with Crippen molar-refractivity contribution in [1.82, 2.24) is 19.6 Å². The maximum absolute atomic E-state index is 6.02. The van der Waals surface area contributed by atoms with E-state index < -0.39 is 0 Å². The molecular formula is C12H16ClN5S. The Morgan fingerprint density at radius 2 is 2.37 bits per heavy atom. The maximum Gasteiger partial charge on any atom is 0.255 e. The van der Waals surface area contributed by atoms with Gasteiger partial charge in [0.2, 0.25) is 0 Å². The van der Waals surface area contributed by atoms with Crippen LogP contribution in [-0.4, -0.2) is 37.1 Å². The second-order valence-electron chi connectivity index (χ2n) is 4.80. The lowest BCUT2D eigenvalue weighted by Crippen LogP contribution is -2.29. The number of rotatable bonds is 3. The summed E-state index contributed by atoms with van der Waals surface area (Å²) in [6, 6.07) is 2.28. The first-order valence-corrected chi connectivity index (χ1v) is 8.08. The molecule has 1 aliphatic rings. The van der Waals surface area contributed by atoms with Crippen molar-refractivity contribution in [2.45, 2.75) is 37.0 Å². The minimum atomic E-state index is 0.445. The Labute approximate surface area is 121 Å². The largest absolute Gasteiger partial charge is 0.367 e. The van der Waals surface area contributed by atoms with Gasteiger partial charge < -0.3 is 5.32 Å². The SMILES string of the molecule is CSC1CCCC(Nc2cc(Cl)nc3ncnn23)C1. The van der Waals surface area contributed by atoms with Crippen LogP contribution in [0, 0.1) is 0 Å². The van der Waals surface area contributed by atoms with E-state index in [-0.39, 0.29) is 0 Å². The molecule has 2 aromatic rings. The third-order valence-corrected chi connectivity index (χ3v) is 4.82. The molecule has 0 aliphatic heterocycles. The van der Waals surface area contributed by atoms with Crippen molar-refractivity contribution in [1.29, 1.82) is 0 Å². The summed E-state index contributed by atoms with van der Waals surface area (Å²) in [6.45, 7) is 0. The normalized spacial score (nSPS) is 23.7. The molecule has 1 aliphatic carbocycles. The molecular weight excluding hydrogens is 282 g/mol. The summed E-state index contributed by atoms with van der Waals surface area (Å²) in [7, 11) is 0. The van der Waals surface area contributed by atoms with Gasteiger partial charge in [-0.3, -0.25) is 0 Å². The van der Waals surface area contributed by atoms with E-state index in [1.807, 2.05) is 17.8 Å². The number of thioether (sulfide) groups is 1. The van der Waals surface area contributed by atoms with Gasteiger partial charge in [-0.05, 0) is 25.5 Å². The van der Waals surface area contributed by atoms with Gasteiger partial charge in [0.05, 0.1) is 0 Å². The number of nitrogens with one attached hydrogen (secondary N) is 1. The highest BCUT2D eigenvalue weighted by Gasteiger charge is 2.22. The third kappa shape index (κ3) is 2.79. The van der Waals surface area contributed by atoms with Crippen LogP contribution in [0.5, 0.6) is 0 Å². The van der Waals surface area contributed by atoms with Gasteiger partial charge in [0.25, 0.3) is 5.78 Å². The van der Waals surface area contributed by atoms with Gasteiger partial charge in [-0.15, -0.1) is 0 Å². The predicted molar refractivity (Wildman–Crippen MR) is 79.0 cm³/mol. The molecule has 2 atom stereocenters. The quantitative estimate of drug-likeness (QED) is 0.883. The van der Waals surface area contributed by atoms with Crippen molar-refractivity contribution < 1.29 is 0 Å². The second-order valence-corrected chi connectivity index (χ2v) is 6.33. The van der Waals surface area contributed by atoms with Crippen molar-refractivity contribution in [3.8, 4) is 0 Å². The van der Waals surface area contributed by atoms with E-state index in [1.165, 1.54) is 32.0 Å². The Morgan fingerprint density at radius 1 is 1.47 bits per heavy atom. The van der Waals surface area contributed by atoms with Crippen LogP contribution in [0.25, 0.3) is 5.78 Å². The Bertz CT molecular complexity index is 572. The summed E-state index contributed by atoms with van der Waals surface area (Å²) in [5, 5.41) is 8.91. The van der Waals surface area contributed by atoms with Gasteiger partial charge in [-0.2, -0.15) is 31.3 Å². The molecule has 2 unspecified atom stereocenters. The first kappa shape index (κ1) is 13.0. The molecule has 2 heterocycles. The highest BCUT2D eigenvalue weighted by Crippen LogP contribution is 2.29. The van der Waals surface area contributed by atoms with Crippen LogP contribution < -0.4 is 5.32 Å². The number of halogens is 1. The average Bonchev–Trinajstić information content (AvgIpc) is 2.87. The van der Waals surface area contributed by atoms with Gasteiger partial charge in [0, 0.05) is 17.4 Å². The highest BCUT2D eigenvalue weighted by molar-refractivity contribution is 7.99. The van der Waals surface area contributed by atoms with Crippen molar-refractivity contribution in [3.63, 3.8) is 0 Å². The lowest BCUT2D eigenvalue weighted by Gasteiger charge is -2.29. The molecule has 1 fully saturated rings. The number of hydrogen-bond donors (Lipinski definition) is 1. The molecule has 0 saturated heterocycles. The van der Waals surface area contributed by atoms with Crippen LogP contribution in [0.3, 0.4) is 0 Å². The smallest absolute Gasteiger partial charge is 0.255 e. The van der Waals surface area contributed by atoms with Crippen molar-refractivity contribution >= 4 is 35.0 Å². The number of anilines is 1. The van der Waals surface area contributed by atoms with Crippen molar-refractivity contribution in [2.75, 3.05) is 11.6 Å². The lowest BCUT2D eigenvalue weighted by molar-refractivity contribution is 0.472. The summed E-state index contributed by atoms with van der Waals surface area (Å²) < 4.78 is 1.70. The van der Waals surface area contributed by atoms with E-state index >= 15 is 0 Å². The summed E-state index contributed by atoms with van der Waals surface area (Å²) >= 11 is 7.97. The number of aromatic nitrogens is 4. The van der Waals surface area contributed by atoms with E-state index in [9.17, 15) is 0 Å². The first-order valence-electron chi connectivity index (χ1n) is 6.42. The summed E-state index contributed by atoms with van der Waals surface area (Å²) in [6.07, 6.45) is 8.63. The van der Waals surface area contributed by atoms with E-state index in [4.69, 9.17) is 11.6 Å². The fourth-order valence-corrected chi connectivity index (χ4v) is 3.59. The van der Waals surface area contributed by atoms with Crippen LogP contribution in [0.1, 0.15) is 25.7 Å². The maximum atomic E-state index is 6.02. The van der Waals surface area contributed by atoms with Crippen LogP contribution in [-0.2, 0) is 0 Å². The minimum absolute atomic E-state index is 0.445. The molecule has 0 aromatic carbocycles. The van der Waals surface area contributed by atoms with Gasteiger partial charge >= 0.3 is 0 Å². The zero-order valence-electron chi connectivity index (χ0n) is 10.7. The van der Waals surface area contributed by atoms with Crippen LogP contribution in [0.15, 0.2) is 12.4 Å². The Kier molecular flexibility index (Phi) is 3.79. The zero-order valence-corrected chi connectivity index (χ0v) is 12.3. The molecule has 3 rings (SSSR count). The fourth-order valence-electron chi connectivity index (χ4n) is 2.59. The topological polar surface area (TPSA) is 55.1 Å². The Morgan fingerprint density at radius 3 is 3.21 bits per heavy atom. The fraction of sp³-hybridized carbons (Fsp3) is 0.583. The van der Waals surface area contributed by atoms with Crippen LogP contribution in [0.4, 0.5) is 5.82 Å². The summed E-state index contributed by atoms with van der Waals surface area (Å²) in [5.41, 5.74) is 0. The average molecular weight is 298 g/mol. The standard InChI is InChI=1S/C12H16ClN5S/c1-19-9-4-2-3-8(5-9)16-11-6-10(13)17-12-14-7-15-18(11)12/h6-9,16H,2-5H2,1H3. The number of fused-ring (bicyclic) bond motifs is 1. The molecule has 1 saturated carbocycles. The summed E-state index contributed by atoms with van der Waals surface area (Å²) in [5.74, 6) is 1.41. The first-order chi connectivity index (χ1) is 9.26. The molecule has 0 spiro atoms.